The van der Waals surface area contributed by atoms with Crippen LogP contribution in [0.25, 0.3) is 0 Å². The number of nitrogens with one attached hydrogen (secondary N) is 1. The first-order chi connectivity index (χ1) is 9.94. The maximum atomic E-state index is 12.0. The molecule has 0 saturated carbocycles. The molecule has 1 aliphatic heterocycles. The fourth-order valence-electron chi connectivity index (χ4n) is 2.20. The molecule has 0 spiro atoms. The normalized spacial score (nSPS) is 17.0. The van der Waals surface area contributed by atoms with E-state index in [1.54, 1.807) is 22.7 Å². The van der Waals surface area contributed by atoms with Crippen LogP contribution >= 0.6 is 0 Å². The van der Waals surface area contributed by atoms with E-state index in [4.69, 9.17) is 0 Å². The highest BCUT2D eigenvalue weighted by Gasteiger charge is 2.27. The predicted molar refractivity (Wildman–Crippen MR) is 78.1 cm³/mol. The van der Waals surface area contributed by atoms with Crippen LogP contribution in [0.4, 0.5) is 4.79 Å². The summed E-state index contributed by atoms with van der Waals surface area (Å²) in [6.07, 6.45) is 1.68. The summed E-state index contributed by atoms with van der Waals surface area (Å²) in [4.78, 5) is 13.7. The summed E-state index contributed by atoms with van der Waals surface area (Å²) in [7, 11) is -1.35. The van der Waals surface area contributed by atoms with Crippen LogP contribution in [0.15, 0.2) is 12.3 Å². The lowest BCUT2D eigenvalue weighted by Crippen LogP contribution is -2.53. The number of nitrogens with zero attached hydrogens (tertiary/aromatic N) is 4. The Labute approximate surface area is 124 Å². The molecule has 0 bridgehead atoms. The molecule has 0 unspecified atom stereocenters. The summed E-state index contributed by atoms with van der Waals surface area (Å²) in [5.74, 6) is 0.0969. The Morgan fingerprint density at radius 2 is 2.00 bits per heavy atom. The average molecular weight is 315 g/mol. The summed E-state index contributed by atoms with van der Waals surface area (Å²) in [6.45, 7) is 3.57. The van der Waals surface area contributed by atoms with Crippen LogP contribution in [0.3, 0.4) is 0 Å². The molecule has 9 heteroatoms. The van der Waals surface area contributed by atoms with E-state index in [0.29, 0.717) is 32.7 Å². The smallest absolute Gasteiger partial charge is 0.317 e. The van der Waals surface area contributed by atoms with Crippen molar-refractivity contribution in [3.8, 4) is 0 Å². The summed E-state index contributed by atoms with van der Waals surface area (Å²) < 4.78 is 26.6. The molecule has 2 heterocycles. The number of urea groups is 1. The van der Waals surface area contributed by atoms with Crippen molar-refractivity contribution in [1.29, 1.82) is 0 Å². The van der Waals surface area contributed by atoms with Gasteiger partial charge in [0.15, 0.2) is 0 Å². The summed E-state index contributed by atoms with van der Waals surface area (Å²) in [6, 6.07) is 1.66. The molecular formula is C12H21N5O3S. The van der Waals surface area contributed by atoms with Crippen LogP contribution in [0.5, 0.6) is 0 Å². The maximum absolute atomic E-state index is 12.0. The van der Waals surface area contributed by atoms with E-state index in [2.05, 4.69) is 10.4 Å². The Morgan fingerprint density at radius 1 is 1.33 bits per heavy atom. The third-order valence-electron chi connectivity index (χ3n) is 3.63. The van der Waals surface area contributed by atoms with Gasteiger partial charge in [0.2, 0.25) is 10.0 Å². The first kappa shape index (κ1) is 15.8. The third kappa shape index (κ3) is 3.73. The van der Waals surface area contributed by atoms with Gasteiger partial charge in [0.05, 0.1) is 18.0 Å². The van der Waals surface area contributed by atoms with Crippen molar-refractivity contribution in [1.82, 2.24) is 24.3 Å². The first-order valence-electron chi connectivity index (χ1n) is 6.91. The highest BCUT2D eigenvalue weighted by molar-refractivity contribution is 7.89. The van der Waals surface area contributed by atoms with Crippen molar-refractivity contribution in [3.05, 3.63) is 18.0 Å². The minimum atomic E-state index is -3.16. The van der Waals surface area contributed by atoms with Crippen molar-refractivity contribution < 1.29 is 13.2 Å². The van der Waals surface area contributed by atoms with Crippen LogP contribution in [-0.4, -0.2) is 65.4 Å². The lowest BCUT2D eigenvalue weighted by molar-refractivity contribution is 0.172. The SMILES string of the molecule is CCS(=O)(=O)N1CCN(C(=O)NCc2ccnn2C)CC1. The lowest BCUT2D eigenvalue weighted by atomic mass is 10.4. The molecule has 0 aromatic carbocycles. The van der Waals surface area contributed by atoms with E-state index in [1.165, 1.54) is 4.31 Å². The fourth-order valence-corrected chi connectivity index (χ4v) is 3.29. The monoisotopic (exact) mass is 315 g/mol. The van der Waals surface area contributed by atoms with E-state index in [-0.39, 0.29) is 11.8 Å². The number of sulfonamides is 1. The van der Waals surface area contributed by atoms with Crippen LogP contribution in [0, 0.1) is 0 Å². The molecule has 1 aromatic rings. The topological polar surface area (TPSA) is 87.5 Å². The minimum absolute atomic E-state index is 0.0969. The quantitative estimate of drug-likeness (QED) is 0.819. The predicted octanol–water partition coefficient (Wildman–Crippen LogP) is -0.403. The lowest BCUT2D eigenvalue weighted by Gasteiger charge is -2.33. The number of amides is 2. The summed E-state index contributed by atoms with van der Waals surface area (Å²) in [5.41, 5.74) is 0.913. The van der Waals surface area contributed by atoms with Gasteiger partial charge in [-0.15, -0.1) is 0 Å². The molecule has 1 fully saturated rings. The zero-order valence-corrected chi connectivity index (χ0v) is 13.1. The Hall–Kier alpha value is -1.61. The molecule has 2 rings (SSSR count). The molecule has 1 aromatic heterocycles. The Bertz CT molecular complexity index is 590. The van der Waals surface area contributed by atoms with Gasteiger partial charge in [0.25, 0.3) is 0 Å². The second-order valence-electron chi connectivity index (χ2n) is 4.89. The van der Waals surface area contributed by atoms with Crippen LogP contribution in [0.2, 0.25) is 0 Å². The van der Waals surface area contributed by atoms with Crippen molar-refractivity contribution in [2.75, 3.05) is 31.9 Å². The minimum Gasteiger partial charge on any atom is -0.332 e. The van der Waals surface area contributed by atoms with Crippen LogP contribution in [-0.2, 0) is 23.6 Å². The summed E-state index contributed by atoms with van der Waals surface area (Å²) in [5, 5.41) is 6.85. The molecule has 1 N–H and O–H groups in total. The van der Waals surface area contributed by atoms with Gasteiger partial charge < -0.3 is 10.2 Å². The zero-order chi connectivity index (χ0) is 15.5. The number of hydrogen-bond acceptors (Lipinski definition) is 4. The largest absolute Gasteiger partial charge is 0.332 e. The van der Waals surface area contributed by atoms with Crippen molar-refractivity contribution in [2.45, 2.75) is 13.5 Å². The van der Waals surface area contributed by atoms with E-state index in [9.17, 15) is 13.2 Å². The van der Waals surface area contributed by atoms with Crippen LogP contribution < -0.4 is 5.32 Å². The Kier molecular flexibility index (Phi) is 4.84. The molecular weight excluding hydrogens is 294 g/mol. The average Bonchev–Trinajstić information content (AvgIpc) is 2.90. The molecule has 8 nitrogen and oxygen atoms in total. The first-order valence-corrected chi connectivity index (χ1v) is 8.52. The highest BCUT2D eigenvalue weighted by Crippen LogP contribution is 2.08. The molecule has 1 saturated heterocycles. The van der Waals surface area contributed by atoms with E-state index < -0.39 is 10.0 Å². The number of hydrogen-bond donors (Lipinski definition) is 1. The highest BCUT2D eigenvalue weighted by atomic mass is 32.2. The van der Waals surface area contributed by atoms with Gasteiger partial charge in [0.1, 0.15) is 0 Å². The van der Waals surface area contributed by atoms with Gasteiger partial charge in [-0.1, -0.05) is 0 Å². The number of rotatable bonds is 4. The molecule has 1 aliphatic rings. The molecule has 2 amide bonds. The number of piperazine rings is 1. The van der Waals surface area contributed by atoms with Gasteiger partial charge in [-0.05, 0) is 13.0 Å². The maximum Gasteiger partial charge on any atom is 0.317 e. The second-order valence-corrected chi connectivity index (χ2v) is 7.15. The fraction of sp³-hybridized carbons (Fsp3) is 0.667. The van der Waals surface area contributed by atoms with Gasteiger partial charge in [-0.3, -0.25) is 4.68 Å². The summed E-state index contributed by atoms with van der Waals surface area (Å²) >= 11 is 0. The Balaban J connectivity index is 1.82. The number of aryl methyl sites for hydroxylation is 1. The molecule has 0 aliphatic carbocycles. The van der Waals surface area contributed by atoms with Crippen molar-refractivity contribution in [3.63, 3.8) is 0 Å². The second kappa shape index (κ2) is 6.44. The Morgan fingerprint density at radius 3 is 2.52 bits per heavy atom. The molecule has 21 heavy (non-hydrogen) atoms. The van der Waals surface area contributed by atoms with Gasteiger partial charge >= 0.3 is 6.03 Å². The van der Waals surface area contributed by atoms with Crippen LogP contribution in [0.1, 0.15) is 12.6 Å². The van der Waals surface area contributed by atoms with Crippen molar-refractivity contribution >= 4 is 16.1 Å². The van der Waals surface area contributed by atoms with E-state index in [0.717, 1.165) is 5.69 Å². The molecule has 0 atom stereocenters. The van der Waals surface area contributed by atoms with Gasteiger partial charge in [-0.2, -0.15) is 9.40 Å². The van der Waals surface area contributed by atoms with Gasteiger partial charge in [-0.25, -0.2) is 13.2 Å². The third-order valence-corrected chi connectivity index (χ3v) is 5.51. The molecule has 0 radical (unpaired) electrons. The number of carbonyl (C=O) groups excluding carboxylic acids is 1. The van der Waals surface area contributed by atoms with E-state index in [1.807, 2.05) is 13.1 Å². The van der Waals surface area contributed by atoms with Gasteiger partial charge in [0, 0.05) is 39.4 Å². The molecule has 118 valence electrons. The number of aromatic nitrogens is 2. The van der Waals surface area contributed by atoms with E-state index >= 15 is 0 Å². The zero-order valence-electron chi connectivity index (χ0n) is 12.3. The number of carbonyl (C=O) groups is 1. The van der Waals surface area contributed by atoms with Crippen molar-refractivity contribution in [2.24, 2.45) is 7.05 Å². The standard InChI is InChI=1S/C12H21N5O3S/c1-3-21(19,20)17-8-6-16(7-9-17)12(18)13-10-11-4-5-14-15(11)2/h4-5H,3,6-10H2,1-2H3,(H,13,18).